The molecule has 3 N–H and O–H groups in total. The Morgan fingerprint density at radius 1 is 0.878 bits per heavy atom. The van der Waals surface area contributed by atoms with Crippen LogP contribution in [0.25, 0.3) is 0 Å². The van der Waals surface area contributed by atoms with Crippen LogP contribution in [-0.4, -0.2) is 74.2 Å². The molecule has 1 unspecified atom stereocenters. The molecule has 222 valence electrons. The Balaban J connectivity index is 1.82. The smallest absolute Gasteiger partial charge is 0.346 e. The van der Waals surface area contributed by atoms with E-state index in [1.165, 1.54) is 21.3 Å². The predicted molar refractivity (Wildman–Crippen MR) is 154 cm³/mol. The summed E-state index contributed by atoms with van der Waals surface area (Å²) in [6.07, 6.45) is 0.613. The Labute approximate surface area is 240 Å². The van der Waals surface area contributed by atoms with Gasteiger partial charge in [-0.05, 0) is 36.5 Å². The number of carbonyl (C=O) groups excluding carboxylic acids is 4. The number of imide groups is 1. The van der Waals surface area contributed by atoms with Crippen LogP contribution in [0, 0.1) is 5.92 Å². The van der Waals surface area contributed by atoms with Crippen molar-refractivity contribution < 1.29 is 32.8 Å². The van der Waals surface area contributed by atoms with Gasteiger partial charge in [-0.15, -0.1) is 0 Å². The van der Waals surface area contributed by atoms with E-state index in [4.69, 9.17) is 9.05 Å². The van der Waals surface area contributed by atoms with Gasteiger partial charge < -0.3 is 19.7 Å². The Hall–Kier alpha value is -3.37. The number of hydrogen-bond acceptors (Lipinski definition) is 8. The van der Waals surface area contributed by atoms with E-state index < -0.39 is 43.2 Å². The fourth-order valence-corrected chi connectivity index (χ4v) is 6.27. The first kappa shape index (κ1) is 32.1. The van der Waals surface area contributed by atoms with Crippen LogP contribution in [0.4, 0.5) is 0 Å². The lowest BCUT2D eigenvalue weighted by Crippen LogP contribution is -2.55. The Morgan fingerprint density at radius 3 is 1.95 bits per heavy atom. The molecule has 3 atom stereocenters. The molecule has 2 aromatic rings. The number of fused-ring (bicyclic) bond motifs is 1. The summed E-state index contributed by atoms with van der Waals surface area (Å²) >= 11 is 0. The van der Waals surface area contributed by atoms with Gasteiger partial charge in [0.1, 0.15) is 11.8 Å². The maximum atomic E-state index is 13.6. The summed E-state index contributed by atoms with van der Waals surface area (Å²) in [6, 6.07) is 14.1. The summed E-state index contributed by atoms with van der Waals surface area (Å²) < 4.78 is 24.1. The van der Waals surface area contributed by atoms with E-state index in [0.717, 1.165) is 10.5 Å². The molecule has 4 amide bonds. The highest BCUT2D eigenvalue weighted by Crippen LogP contribution is 2.52. The van der Waals surface area contributed by atoms with Gasteiger partial charge in [0.25, 0.3) is 11.8 Å². The Kier molecular flexibility index (Phi) is 11.4. The molecule has 0 aliphatic carbocycles. The summed E-state index contributed by atoms with van der Waals surface area (Å²) in [6.45, 7) is 3.79. The summed E-state index contributed by atoms with van der Waals surface area (Å²) in [5, 5.41) is 8.55. The third-order valence-corrected chi connectivity index (χ3v) is 9.16. The van der Waals surface area contributed by atoms with Crippen LogP contribution >= 0.6 is 7.60 Å². The molecule has 11 nitrogen and oxygen atoms in total. The lowest BCUT2D eigenvalue weighted by molar-refractivity contribution is -0.130. The normalized spacial score (nSPS) is 15.4. The molecule has 0 aromatic heterocycles. The average molecular weight is 587 g/mol. The van der Waals surface area contributed by atoms with Gasteiger partial charge in [-0.25, -0.2) is 0 Å². The van der Waals surface area contributed by atoms with Gasteiger partial charge in [0.15, 0.2) is 0 Å². The van der Waals surface area contributed by atoms with Gasteiger partial charge in [0.05, 0.1) is 17.2 Å². The number of likely N-dealkylation sites (N-methyl/N-ethyl adjacent to an activating group) is 1. The lowest BCUT2D eigenvalue weighted by Gasteiger charge is -2.31. The van der Waals surface area contributed by atoms with Crippen LogP contribution in [0.3, 0.4) is 0 Å². The number of rotatable bonds is 15. The Morgan fingerprint density at radius 2 is 1.44 bits per heavy atom. The SMILES string of the molecule is CNC(=O)[C@H](Cc1ccccc1)NC(=O)[C@H](CC(C)C)NC(CCN1C(=O)c2ccccc2C1=O)P(=O)(OC)OC. The van der Waals surface area contributed by atoms with Crippen LogP contribution in [0.15, 0.2) is 54.6 Å². The van der Waals surface area contributed by atoms with Crippen molar-refractivity contribution in [2.45, 2.75) is 51.0 Å². The van der Waals surface area contributed by atoms with Gasteiger partial charge in [0.2, 0.25) is 11.8 Å². The monoisotopic (exact) mass is 586 g/mol. The number of amides is 4. The van der Waals surface area contributed by atoms with Crippen molar-refractivity contribution in [2.24, 2.45) is 5.92 Å². The van der Waals surface area contributed by atoms with E-state index in [1.807, 2.05) is 44.2 Å². The number of hydrogen-bond donors (Lipinski definition) is 3. The van der Waals surface area contributed by atoms with Crippen LogP contribution in [0.1, 0.15) is 53.0 Å². The second-order valence-electron chi connectivity index (χ2n) is 10.2. The molecule has 0 saturated heterocycles. The molecule has 3 rings (SSSR count). The molecular weight excluding hydrogens is 547 g/mol. The molecule has 1 aliphatic rings. The third-order valence-electron chi connectivity index (χ3n) is 6.97. The third kappa shape index (κ3) is 7.89. The molecule has 0 radical (unpaired) electrons. The fraction of sp³-hybridized carbons (Fsp3) is 0.448. The van der Waals surface area contributed by atoms with E-state index in [9.17, 15) is 23.7 Å². The molecule has 0 spiro atoms. The molecule has 0 fully saturated rings. The number of nitrogens with zero attached hydrogens (tertiary/aromatic N) is 1. The van der Waals surface area contributed by atoms with Gasteiger partial charge in [-0.3, -0.25) is 34.0 Å². The molecule has 1 aliphatic heterocycles. The average Bonchev–Trinajstić information content (AvgIpc) is 3.22. The van der Waals surface area contributed by atoms with E-state index in [-0.39, 0.29) is 31.2 Å². The highest BCUT2D eigenvalue weighted by atomic mass is 31.2. The molecular formula is C29H39N4O7P. The highest BCUT2D eigenvalue weighted by molar-refractivity contribution is 7.54. The van der Waals surface area contributed by atoms with Gasteiger partial charge in [-0.2, -0.15) is 0 Å². The van der Waals surface area contributed by atoms with Gasteiger partial charge >= 0.3 is 7.60 Å². The maximum Gasteiger partial charge on any atom is 0.346 e. The molecule has 1 heterocycles. The standard InChI is InChI=1S/C29H39N4O7P/c1-19(2)17-23(27(35)32-24(26(34)30-3)18-20-11-7-6-8-12-20)31-25(41(38,39-4)40-5)15-16-33-28(36)21-13-9-10-14-22(21)29(33)37/h6-14,19,23-25,31H,15-18H2,1-5H3,(H,30,34)(H,32,35)/t23-,24-,25?/m0/s1. The molecule has 41 heavy (non-hydrogen) atoms. The maximum absolute atomic E-state index is 13.6. The van der Waals surface area contributed by atoms with Crippen molar-refractivity contribution in [3.05, 3.63) is 71.3 Å². The number of benzene rings is 2. The van der Waals surface area contributed by atoms with Crippen LogP contribution in [-0.2, 0) is 29.6 Å². The van der Waals surface area contributed by atoms with E-state index in [2.05, 4.69) is 16.0 Å². The summed E-state index contributed by atoms with van der Waals surface area (Å²) in [7, 11) is 0.140. The minimum absolute atomic E-state index is 0.00477. The molecule has 2 aromatic carbocycles. The van der Waals surface area contributed by atoms with Crippen molar-refractivity contribution in [3.63, 3.8) is 0 Å². The van der Waals surface area contributed by atoms with Crippen molar-refractivity contribution >= 4 is 31.2 Å². The van der Waals surface area contributed by atoms with Crippen molar-refractivity contribution in [1.82, 2.24) is 20.9 Å². The Bertz CT molecular complexity index is 1240. The zero-order valence-corrected chi connectivity index (χ0v) is 25.0. The first-order valence-corrected chi connectivity index (χ1v) is 15.1. The van der Waals surface area contributed by atoms with Gasteiger partial charge in [-0.1, -0.05) is 56.3 Å². The lowest BCUT2D eigenvalue weighted by atomic mass is 10.0. The van der Waals surface area contributed by atoms with Crippen LogP contribution in [0.2, 0.25) is 0 Å². The minimum Gasteiger partial charge on any atom is -0.357 e. The number of nitrogens with one attached hydrogen (secondary N) is 3. The minimum atomic E-state index is -3.83. The molecule has 12 heteroatoms. The summed E-state index contributed by atoms with van der Waals surface area (Å²) in [5.74, 6) is -2.70. The quantitative estimate of drug-likeness (QED) is 0.214. The summed E-state index contributed by atoms with van der Waals surface area (Å²) in [4.78, 5) is 53.2. The first-order valence-electron chi connectivity index (χ1n) is 13.5. The molecule has 0 bridgehead atoms. The van der Waals surface area contributed by atoms with Gasteiger partial charge in [0, 0.05) is 34.2 Å². The van der Waals surface area contributed by atoms with Crippen LogP contribution in [0.5, 0.6) is 0 Å². The van der Waals surface area contributed by atoms with Crippen molar-refractivity contribution in [3.8, 4) is 0 Å². The molecule has 0 saturated carbocycles. The second-order valence-corrected chi connectivity index (χ2v) is 12.7. The van der Waals surface area contributed by atoms with E-state index in [0.29, 0.717) is 17.5 Å². The van der Waals surface area contributed by atoms with E-state index >= 15 is 0 Å². The van der Waals surface area contributed by atoms with Crippen molar-refractivity contribution in [2.75, 3.05) is 27.8 Å². The zero-order valence-electron chi connectivity index (χ0n) is 24.1. The second kappa shape index (κ2) is 14.5. The largest absolute Gasteiger partial charge is 0.357 e. The zero-order chi connectivity index (χ0) is 30.2. The topological polar surface area (TPSA) is 143 Å². The first-order chi connectivity index (χ1) is 19.5. The fourth-order valence-electron chi connectivity index (χ4n) is 4.82. The number of carbonyl (C=O) groups is 4. The summed E-state index contributed by atoms with van der Waals surface area (Å²) in [5.41, 5.74) is 1.48. The van der Waals surface area contributed by atoms with Crippen molar-refractivity contribution in [1.29, 1.82) is 0 Å². The van der Waals surface area contributed by atoms with E-state index in [1.54, 1.807) is 24.3 Å². The van der Waals surface area contributed by atoms with Crippen LogP contribution < -0.4 is 16.0 Å². The predicted octanol–water partition coefficient (Wildman–Crippen LogP) is 2.96. The highest BCUT2D eigenvalue weighted by Gasteiger charge is 2.41.